The maximum atomic E-state index is 4.53. The van der Waals surface area contributed by atoms with Gasteiger partial charge in [-0.3, -0.25) is 9.67 Å². The molecule has 29 heavy (non-hydrogen) atoms. The molecule has 0 aliphatic heterocycles. The number of rotatable bonds is 8. The summed E-state index contributed by atoms with van der Waals surface area (Å²) in [6, 6.07) is 11.1. The van der Waals surface area contributed by atoms with Crippen LogP contribution in [-0.4, -0.2) is 35.4 Å². The molecule has 5 nitrogen and oxygen atoms in total. The minimum atomic E-state index is 0. The Morgan fingerprint density at radius 1 is 1.17 bits per heavy atom. The molecule has 1 aromatic carbocycles. The molecule has 0 saturated carbocycles. The predicted molar refractivity (Wildman–Crippen MR) is 134 cm³/mol. The average Bonchev–Trinajstić information content (AvgIpc) is 2.95. The Morgan fingerprint density at radius 2 is 1.79 bits per heavy atom. The molecular formula is C23H38IN5. The van der Waals surface area contributed by atoms with E-state index in [9.17, 15) is 0 Å². The fourth-order valence-corrected chi connectivity index (χ4v) is 3.95. The van der Waals surface area contributed by atoms with Crippen molar-refractivity contribution in [3.05, 3.63) is 52.8 Å². The lowest BCUT2D eigenvalue weighted by Gasteiger charge is -2.33. The molecule has 1 heterocycles. The van der Waals surface area contributed by atoms with Gasteiger partial charge in [-0.05, 0) is 51.2 Å². The van der Waals surface area contributed by atoms with Gasteiger partial charge in [-0.1, -0.05) is 44.2 Å². The summed E-state index contributed by atoms with van der Waals surface area (Å²) in [5, 5.41) is 11.7. The Labute approximate surface area is 193 Å². The van der Waals surface area contributed by atoms with E-state index in [2.05, 4.69) is 85.7 Å². The van der Waals surface area contributed by atoms with Crippen molar-refractivity contribution in [1.29, 1.82) is 0 Å². The summed E-state index contributed by atoms with van der Waals surface area (Å²) < 4.78 is 1.96. The molecule has 0 bridgehead atoms. The zero-order valence-electron chi connectivity index (χ0n) is 19.0. The van der Waals surface area contributed by atoms with Crippen molar-refractivity contribution in [2.45, 2.75) is 65.3 Å². The van der Waals surface area contributed by atoms with Gasteiger partial charge in [0.05, 0.1) is 5.69 Å². The van der Waals surface area contributed by atoms with Crippen LogP contribution in [0.5, 0.6) is 0 Å². The first-order valence-electron chi connectivity index (χ1n) is 10.4. The summed E-state index contributed by atoms with van der Waals surface area (Å²) in [7, 11) is 3.84. The zero-order valence-corrected chi connectivity index (χ0v) is 21.4. The van der Waals surface area contributed by atoms with Crippen LogP contribution in [-0.2, 0) is 18.9 Å². The molecule has 2 aromatic rings. The first kappa shape index (κ1) is 25.5. The number of guanidine groups is 1. The number of hydrogen-bond donors (Lipinski definition) is 2. The quantitative estimate of drug-likeness (QED) is 0.312. The van der Waals surface area contributed by atoms with Crippen LogP contribution < -0.4 is 10.6 Å². The molecule has 6 heteroatoms. The standard InChI is InChI=1S/C23H37N5.HI/c1-8-23(9-2,20-13-11-10-12-14-20)16-25-22(24-6)26-17(3)15-21-18(4)27-28(7)19(21)5;/h10-14,17H,8-9,15-16H2,1-7H3,(H2,24,25,26);1H. The van der Waals surface area contributed by atoms with Gasteiger partial charge in [0.1, 0.15) is 0 Å². The van der Waals surface area contributed by atoms with Gasteiger partial charge >= 0.3 is 0 Å². The van der Waals surface area contributed by atoms with Crippen molar-refractivity contribution in [2.75, 3.05) is 13.6 Å². The fraction of sp³-hybridized carbons (Fsp3) is 0.565. The number of hydrogen-bond acceptors (Lipinski definition) is 2. The van der Waals surface area contributed by atoms with Gasteiger partial charge in [-0.15, -0.1) is 24.0 Å². The van der Waals surface area contributed by atoms with E-state index in [1.807, 2.05) is 18.8 Å². The maximum Gasteiger partial charge on any atom is 0.191 e. The van der Waals surface area contributed by atoms with E-state index in [0.29, 0.717) is 0 Å². The van der Waals surface area contributed by atoms with Crippen LogP contribution in [0.1, 0.15) is 56.1 Å². The molecular weight excluding hydrogens is 473 g/mol. The summed E-state index contributed by atoms with van der Waals surface area (Å²) in [4.78, 5) is 4.46. The molecule has 2 rings (SSSR count). The molecule has 0 spiro atoms. The summed E-state index contributed by atoms with van der Waals surface area (Å²) in [5.41, 5.74) is 5.15. The van der Waals surface area contributed by atoms with Crippen LogP contribution in [0.3, 0.4) is 0 Å². The van der Waals surface area contributed by atoms with Crippen LogP contribution in [0.15, 0.2) is 35.3 Å². The fourth-order valence-electron chi connectivity index (χ4n) is 3.95. The van der Waals surface area contributed by atoms with E-state index in [4.69, 9.17) is 0 Å². The van der Waals surface area contributed by atoms with E-state index in [1.54, 1.807) is 0 Å². The Balaban J connectivity index is 0.00000420. The van der Waals surface area contributed by atoms with Gasteiger partial charge in [0, 0.05) is 37.8 Å². The largest absolute Gasteiger partial charge is 0.356 e. The molecule has 0 fully saturated rings. The predicted octanol–water partition coefficient (Wildman–Crippen LogP) is 4.51. The van der Waals surface area contributed by atoms with Crippen molar-refractivity contribution in [3.63, 3.8) is 0 Å². The highest BCUT2D eigenvalue weighted by molar-refractivity contribution is 14.0. The lowest BCUT2D eigenvalue weighted by atomic mass is 9.76. The second-order valence-corrected chi connectivity index (χ2v) is 7.80. The molecule has 0 amide bonds. The maximum absolute atomic E-state index is 4.53. The normalized spacial score (nSPS) is 13.0. The van der Waals surface area contributed by atoms with Crippen molar-refractivity contribution in [2.24, 2.45) is 12.0 Å². The molecule has 2 N–H and O–H groups in total. The second kappa shape index (κ2) is 11.6. The molecule has 0 saturated heterocycles. The Hall–Kier alpha value is -1.57. The highest BCUT2D eigenvalue weighted by Gasteiger charge is 2.28. The van der Waals surface area contributed by atoms with Crippen molar-refractivity contribution in [3.8, 4) is 0 Å². The van der Waals surface area contributed by atoms with E-state index in [0.717, 1.165) is 37.5 Å². The van der Waals surface area contributed by atoms with Gasteiger partial charge in [-0.25, -0.2) is 0 Å². The number of nitrogens with zero attached hydrogens (tertiary/aromatic N) is 3. The summed E-state index contributed by atoms with van der Waals surface area (Å²) in [5.74, 6) is 0.855. The molecule has 1 atom stereocenters. The van der Waals surface area contributed by atoms with E-state index in [-0.39, 0.29) is 35.4 Å². The Bertz CT molecular complexity index is 778. The number of aliphatic imine (C=N–C) groups is 1. The lowest BCUT2D eigenvalue weighted by Crippen LogP contribution is -2.48. The number of benzene rings is 1. The topological polar surface area (TPSA) is 54.2 Å². The molecule has 1 aromatic heterocycles. The SMILES string of the molecule is CCC(CC)(CNC(=NC)NC(C)Cc1c(C)nn(C)c1C)c1ccccc1.I. The third kappa shape index (κ3) is 6.20. The van der Waals surface area contributed by atoms with Gasteiger partial charge in [0.15, 0.2) is 5.96 Å². The molecule has 162 valence electrons. The van der Waals surface area contributed by atoms with Gasteiger partial charge in [-0.2, -0.15) is 5.10 Å². The minimum Gasteiger partial charge on any atom is -0.356 e. The zero-order chi connectivity index (χ0) is 20.7. The number of halogens is 1. The third-order valence-electron chi connectivity index (χ3n) is 6.11. The minimum absolute atomic E-state index is 0. The van der Waals surface area contributed by atoms with Crippen LogP contribution in [0.25, 0.3) is 0 Å². The first-order valence-corrected chi connectivity index (χ1v) is 10.4. The van der Waals surface area contributed by atoms with Crippen LogP contribution in [0.2, 0.25) is 0 Å². The molecule has 0 aliphatic rings. The molecule has 1 unspecified atom stereocenters. The molecule has 0 aliphatic carbocycles. The summed E-state index contributed by atoms with van der Waals surface area (Å²) >= 11 is 0. The monoisotopic (exact) mass is 511 g/mol. The van der Waals surface area contributed by atoms with Crippen LogP contribution in [0.4, 0.5) is 0 Å². The van der Waals surface area contributed by atoms with Crippen LogP contribution in [0, 0.1) is 13.8 Å². The van der Waals surface area contributed by atoms with Gasteiger partial charge in [0.2, 0.25) is 0 Å². The van der Waals surface area contributed by atoms with Gasteiger partial charge < -0.3 is 10.6 Å². The average molecular weight is 511 g/mol. The molecule has 0 radical (unpaired) electrons. The lowest BCUT2D eigenvalue weighted by molar-refractivity contribution is 0.388. The van der Waals surface area contributed by atoms with Crippen molar-refractivity contribution in [1.82, 2.24) is 20.4 Å². The first-order chi connectivity index (χ1) is 13.4. The number of nitrogens with one attached hydrogen (secondary N) is 2. The Morgan fingerprint density at radius 3 is 2.28 bits per heavy atom. The van der Waals surface area contributed by atoms with Crippen molar-refractivity contribution >= 4 is 29.9 Å². The van der Waals surface area contributed by atoms with E-state index < -0.39 is 0 Å². The summed E-state index contributed by atoms with van der Waals surface area (Å²) in [6.45, 7) is 11.8. The highest BCUT2D eigenvalue weighted by atomic mass is 127. The third-order valence-corrected chi connectivity index (χ3v) is 6.11. The second-order valence-electron chi connectivity index (χ2n) is 7.80. The van der Waals surface area contributed by atoms with Gasteiger partial charge in [0.25, 0.3) is 0 Å². The number of aryl methyl sites for hydroxylation is 2. The van der Waals surface area contributed by atoms with E-state index >= 15 is 0 Å². The van der Waals surface area contributed by atoms with Crippen molar-refractivity contribution < 1.29 is 0 Å². The van der Waals surface area contributed by atoms with E-state index in [1.165, 1.54) is 16.8 Å². The highest BCUT2D eigenvalue weighted by Crippen LogP contribution is 2.30. The smallest absolute Gasteiger partial charge is 0.191 e. The number of aromatic nitrogens is 2. The van der Waals surface area contributed by atoms with Crippen LogP contribution >= 0.6 is 24.0 Å². The summed E-state index contributed by atoms with van der Waals surface area (Å²) in [6.07, 6.45) is 3.10. The Kier molecular flexibility index (Phi) is 10.2.